The van der Waals surface area contributed by atoms with Crippen molar-refractivity contribution in [3.8, 4) is 0 Å². The van der Waals surface area contributed by atoms with Gasteiger partial charge in [0.15, 0.2) is 0 Å². The number of carboxylic acid groups (broad SMARTS) is 1. The highest BCUT2D eigenvalue weighted by atomic mass is 16.4. The van der Waals surface area contributed by atoms with Crippen LogP contribution in [0.3, 0.4) is 0 Å². The summed E-state index contributed by atoms with van der Waals surface area (Å²) in [5.74, 6) is 0.508. The van der Waals surface area contributed by atoms with E-state index in [-0.39, 0.29) is 5.54 Å². The van der Waals surface area contributed by atoms with E-state index in [1.54, 1.807) is 0 Å². The second kappa shape index (κ2) is 1.62. The molecule has 0 aromatic carbocycles. The first-order valence-corrected chi connectivity index (χ1v) is 3.06. The average molecular weight is 129 g/mol. The van der Waals surface area contributed by atoms with E-state index in [4.69, 9.17) is 5.11 Å². The molecule has 0 radical (unpaired) electrons. The number of hydrogen-bond acceptors (Lipinski definition) is 1. The molecule has 52 valence electrons. The number of nitrogens with one attached hydrogen (secondary N) is 1. The fraction of sp³-hybridized carbons (Fsp3) is 0.833. The highest BCUT2D eigenvalue weighted by Crippen LogP contribution is 2.41. The number of hydrogen-bond donors (Lipinski definition) is 2. The second-order valence-corrected chi connectivity index (χ2v) is 2.95. The van der Waals surface area contributed by atoms with E-state index in [2.05, 4.69) is 5.32 Å². The Balaban J connectivity index is 2.37. The molecular formula is C6H11NO2. The molecule has 1 aliphatic rings. The third kappa shape index (κ3) is 1.15. The zero-order chi connectivity index (χ0) is 7.07. The SMILES string of the molecule is CC1CC1(C)NC(=O)O. The summed E-state index contributed by atoms with van der Waals surface area (Å²) in [5.41, 5.74) is -0.119. The topological polar surface area (TPSA) is 49.3 Å². The normalized spacial score (nSPS) is 40.0. The highest BCUT2D eigenvalue weighted by Gasteiger charge is 2.47. The summed E-state index contributed by atoms with van der Waals surface area (Å²) >= 11 is 0. The van der Waals surface area contributed by atoms with Gasteiger partial charge in [-0.05, 0) is 19.3 Å². The quantitative estimate of drug-likeness (QED) is 0.556. The fourth-order valence-corrected chi connectivity index (χ4v) is 0.996. The van der Waals surface area contributed by atoms with Crippen molar-refractivity contribution in [3.05, 3.63) is 0 Å². The van der Waals surface area contributed by atoms with Gasteiger partial charge in [-0.15, -0.1) is 0 Å². The Morgan fingerprint density at radius 1 is 1.89 bits per heavy atom. The lowest BCUT2D eigenvalue weighted by atomic mass is 10.3. The molecule has 0 spiro atoms. The molecule has 0 aromatic heterocycles. The van der Waals surface area contributed by atoms with Crippen LogP contribution in [0.2, 0.25) is 0 Å². The van der Waals surface area contributed by atoms with E-state index in [0.29, 0.717) is 5.92 Å². The van der Waals surface area contributed by atoms with Gasteiger partial charge in [0.2, 0.25) is 0 Å². The Kier molecular flexibility index (Phi) is 1.15. The summed E-state index contributed by atoms with van der Waals surface area (Å²) in [5, 5.41) is 10.8. The first-order chi connectivity index (χ1) is 4.04. The molecule has 3 heteroatoms. The van der Waals surface area contributed by atoms with E-state index in [1.807, 2.05) is 13.8 Å². The van der Waals surface area contributed by atoms with Crippen molar-refractivity contribution in [2.24, 2.45) is 5.92 Å². The molecule has 2 atom stereocenters. The van der Waals surface area contributed by atoms with Crippen LogP contribution in [0.15, 0.2) is 0 Å². The molecule has 3 nitrogen and oxygen atoms in total. The Morgan fingerprint density at radius 3 is 2.44 bits per heavy atom. The average Bonchev–Trinajstić information content (AvgIpc) is 2.10. The van der Waals surface area contributed by atoms with Gasteiger partial charge in [0.1, 0.15) is 0 Å². The summed E-state index contributed by atoms with van der Waals surface area (Å²) in [7, 11) is 0. The predicted molar refractivity (Wildman–Crippen MR) is 33.3 cm³/mol. The lowest BCUT2D eigenvalue weighted by Gasteiger charge is -2.07. The second-order valence-electron chi connectivity index (χ2n) is 2.95. The number of carbonyl (C=O) groups is 1. The van der Waals surface area contributed by atoms with Crippen molar-refractivity contribution in [2.45, 2.75) is 25.8 Å². The van der Waals surface area contributed by atoms with Crippen molar-refractivity contribution in [1.29, 1.82) is 0 Å². The van der Waals surface area contributed by atoms with Crippen LogP contribution in [0.1, 0.15) is 20.3 Å². The van der Waals surface area contributed by atoms with Crippen molar-refractivity contribution in [3.63, 3.8) is 0 Å². The molecule has 1 saturated carbocycles. The molecule has 1 rings (SSSR count). The van der Waals surface area contributed by atoms with Gasteiger partial charge >= 0.3 is 6.09 Å². The lowest BCUT2D eigenvalue weighted by Crippen LogP contribution is -2.34. The van der Waals surface area contributed by atoms with Gasteiger partial charge in [-0.1, -0.05) is 6.92 Å². The van der Waals surface area contributed by atoms with Crippen LogP contribution in [-0.4, -0.2) is 16.7 Å². The van der Waals surface area contributed by atoms with Crippen LogP contribution < -0.4 is 5.32 Å². The lowest BCUT2D eigenvalue weighted by molar-refractivity contribution is 0.188. The summed E-state index contributed by atoms with van der Waals surface area (Å²) in [6, 6.07) is 0. The molecular weight excluding hydrogens is 118 g/mol. The van der Waals surface area contributed by atoms with Crippen LogP contribution in [-0.2, 0) is 0 Å². The summed E-state index contributed by atoms with van der Waals surface area (Å²) in [6.45, 7) is 3.96. The van der Waals surface area contributed by atoms with Crippen LogP contribution in [0.4, 0.5) is 4.79 Å². The van der Waals surface area contributed by atoms with E-state index in [1.165, 1.54) is 0 Å². The molecule has 9 heavy (non-hydrogen) atoms. The summed E-state index contributed by atoms with van der Waals surface area (Å²) < 4.78 is 0. The Morgan fingerprint density at radius 2 is 2.33 bits per heavy atom. The Hall–Kier alpha value is -0.730. The van der Waals surface area contributed by atoms with Gasteiger partial charge in [0.05, 0.1) is 0 Å². The maximum Gasteiger partial charge on any atom is 0.405 e. The van der Waals surface area contributed by atoms with E-state index in [0.717, 1.165) is 6.42 Å². The third-order valence-corrected chi connectivity index (χ3v) is 2.05. The Bertz CT molecular complexity index is 146. The molecule has 0 saturated heterocycles. The van der Waals surface area contributed by atoms with Crippen LogP contribution in [0.25, 0.3) is 0 Å². The third-order valence-electron chi connectivity index (χ3n) is 2.05. The van der Waals surface area contributed by atoms with Crippen molar-refractivity contribution < 1.29 is 9.90 Å². The van der Waals surface area contributed by atoms with Crippen LogP contribution in [0, 0.1) is 5.92 Å². The van der Waals surface area contributed by atoms with Crippen molar-refractivity contribution in [2.75, 3.05) is 0 Å². The van der Waals surface area contributed by atoms with Gasteiger partial charge in [-0.2, -0.15) is 0 Å². The first kappa shape index (κ1) is 6.39. The van der Waals surface area contributed by atoms with Gasteiger partial charge in [0.25, 0.3) is 0 Å². The van der Waals surface area contributed by atoms with Gasteiger partial charge in [-0.25, -0.2) is 4.79 Å². The number of amides is 1. The molecule has 2 unspecified atom stereocenters. The van der Waals surface area contributed by atoms with Crippen LogP contribution >= 0.6 is 0 Å². The minimum Gasteiger partial charge on any atom is -0.465 e. The smallest absolute Gasteiger partial charge is 0.405 e. The largest absolute Gasteiger partial charge is 0.465 e. The molecule has 0 aromatic rings. The van der Waals surface area contributed by atoms with Crippen molar-refractivity contribution >= 4 is 6.09 Å². The molecule has 0 heterocycles. The molecule has 1 amide bonds. The molecule has 0 aliphatic heterocycles. The molecule has 1 fully saturated rings. The molecule has 2 N–H and O–H groups in total. The standard InChI is InChI=1S/C6H11NO2/c1-4-3-6(4,2)7-5(8)9/h4,7H,3H2,1-2H3,(H,8,9). The van der Waals surface area contributed by atoms with Gasteiger partial charge in [-0.3, -0.25) is 0 Å². The van der Waals surface area contributed by atoms with Crippen LogP contribution in [0.5, 0.6) is 0 Å². The van der Waals surface area contributed by atoms with Crippen molar-refractivity contribution in [1.82, 2.24) is 5.32 Å². The highest BCUT2D eigenvalue weighted by molar-refractivity contribution is 5.66. The summed E-state index contributed by atoms with van der Waals surface area (Å²) in [4.78, 5) is 10.1. The van der Waals surface area contributed by atoms with E-state index in [9.17, 15) is 4.79 Å². The van der Waals surface area contributed by atoms with Gasteiger partial charge < -0.3 is 10.4 Å². The molecule has 1 aliphatic carbocycles. The summed E-state index contributed by atoms with van der Waals surface area (Å²) in [6.07, 6.45) is 0.0566. The predicted octanol–water partition coefficient (Wildman–Crippen LogP) is 1.05. The van der Waals surface area contributed by atoms with E-state index >= 15 is 0 Å². The Labute approximate surface area is 54.1 Å². The van der Waals surface area contributed by atoms with E-state index < -0.39 is 6.09 Å². The monoisotopic (exact) mass is 129 g/mol. The number of rotatable bonds is 1. The fourth-order valence-electron chi connectivity index (χ4n) is 0.996. The minimum absolute atomic E-state index is 0.119. The first-order valence-electron chi connectivity index (χ1n) is 3.06. The maximum atomic E-state index is 10.1. The molecule has 0 bridgehead atoms. The maximum absolute atomic E-state index is 10.1. The zero-order valence-electron chi connectivity index (χ0n) is 5.64. The zero-order valence-corrected chi connectivity index (χ0v) is 5.64. The minimum atomic E-state index is -0.915. The van der Waals surface area contributed by atoms with Gasteiger partial charge in [0, 0.05) is 5.54 Å².